The number of halogens is 1. The van der Waals surface area contributed by atoms with Gasteiger partial charge in [0.05, 0.1) is 41.1 Å². The quantitative estimate of drug-likeness (QED) is 0.141. The molecule has 3 aromatic carbocycles. The van der Waals surface area contributed by atoms with Crippen molar-refractivity contribution in [1.29, 1.82) is 0 Å². The minimum absolute atomic E-state index is 0.0996. The summed E-state index contributed by atoms with van der Waals surface area (Å²) in [5.41, 5.74) is 1.66. The SMILES string of the molecule is CCOc1ccc2nc(N3C(=O)C(=O)C(=C(O)c4ccc(Cl)cc4)C3c3ccc(C(=O)OC)cc3)sc2c1. The van der Waals surface area contributed by atoms with Crippen molar-refractivity contribution in [2.45, 2.75) is 13.0 Å². The molecule has 5 rings (SSSR count). The maximum Gasteiger partial charge on any atom is 0.337 e. The number of benzene rings is 3. The molecular formula is C28H21ClN2O6S. The Bertz CT molecular complexity index is 1590. The topological polar surface area (TPSA) is 106 Å². The van der Waals surface area contributed by atoms with Gasteiger partial charge in [0.2, 0.25) is 0 Å². The second-order valence-electron chi connectivity index (χ2n) is 8.35. The number of aliphatic hydroxyl groups is 1. The predicted octanol–water partition coefficient (Wildman–Crippen LogP) is 5.76. The van der Waals surface area contributed by atoms with Crippen LogP contribution in [0.1, 0.15) is 34.5 Å². The number of aliphatic hydroxyl groups excluding tert-OH is 1. The highest BCUT2D eigenvalue weighted by molar-refractivity contribution is 7.22. The van der Waals surface area contributed by atoms with Crippen molar-refractivity contribution < 1.29 is 29.0 Å². The highest BCUT2D eigenvalue weighted by atomic mass is 35.5. The third-order valence-electron chi connectivity index (χ3n) is 6.08. The summed E-state index contributed by atoms with van der Waals surface area (Å²) in [5.74, 6) is -1.89. The Hall–Kier alpha value is -4.21. The molecule has 0 saturated carbocycles. The molecule has 8 nitrogen and oxygen atoms in total. The van der Waals surface area contributed by atoms with Crippen LogP contribution in [0.3, 0.4) is 0 Å². The smallest absolute Gasteiger partial charge is 0.337 e. The van der Waals surface area contributed by atoms with Gasteiger partial charge in [-0.05, 0) is 67.1 Å². The first-order chi connectivity index (χ1) is 18.3. The van der Waals surface area contributed by atoms with E-state index in [1.807, 2.05) is 13.0 Å². The lowest BCUT2D eigenvalue weighted by Crippen LogP contribution is -2.29. The first-order valence-electron chi connectivity index (χ1n) is 11.6. The molecule has 1 unspecified atom stereocenters. The number of rotatable bonds is 6. The number of Topliss-reactive ketones (excluding diaryl/α,β-unsaturated/α-hetero) is 1. The van der Waals surface area contributed by atoms with Crippen LogP contribution in [0.4, 0.5) is 5.13 Å². The monoisotopic (exact) mass is 548 g/mol. The fourth-order valence-electron chi connectivity index (χ4n) is 4.28. The van der Waals surface area contributed by atoms with E-state index < -0.39 is 23.7 Å². The number of carbonyl (C=O) groups is 3. The van der Waals surface area contributed by atoms with E-state index in [2.05, 4.69) is 4.98 Å². The molecule has 0 spiro atoms. The summed E-state index contributed by atoms with van der Waals surface area (Å²) in [6, 6.07) is 17.0. The molecule has 4 aromatic rings. The number of hydrogen-bond acceptors (Lipinski definition) is 8. The van der Waals surface area contributed by atoms with Gasteiger partial charge < -0.3 is 14.6 Å². The molecule has 1 N–H and O–H groups in total. The van der Waals surface area contributed by atoms with Gasteiger partial charge in [0.15, 0.2) is 5.13 Å². The van der Waals surface area contributed by atoms with Crippen molar-refractivity contribution in [2.75, 3.05) is 18.6 Å². The van der Waals surface area contributed by atoms with Crippen LogP contribution in [0.5, 0.6) is 5.75 Å². The molecule has 1 fully saturated rings. The first-order valence-corrected chi connectivity index (χ1v) is 12.8. The highest BCUT2D eigenvalue weighted by Gasteiger charge is 2.48. The van der Waals surface area contributed by atoms with Crippen LogP contribution >= 0.6 is 22.9 Å². The van der Waals surface area contributed by atoms with E-state index >= 15 is 0 Å². The molecule has 192 valence electrons. The van der Waals surface area contributed by atoms with Gasteiger partial charge in [-0.15, -0.1) is 0 Å². The van der Waals surface area contributed by atoms with Gasteiger partial charge in [-0.2, -0.15) is 0 Å². The number of fused-ring (bicyclic) bond motifs is 1. The standard InChI is InChI=1S/C28H21ClN2O6S/c1-3-37-19-12-13-20-21(14-19)38-28(30-20)31-23(15-4-6-17(7-5-15)27(35)36-2)22(25(33)26(31)34)24(32)16-8-10-18(29)11-9-16/h4-14,23,32H,3H2,1-2H3. The van der Waals surface area contributed by atoms with E-state index in [1.165, 1.54) is 35.5 Å². The second-order valence-corrected chi connectivity index (χ2v) is 9.79. The van der Waals surface area contributed by atoms with E-state index in [0.29, 0.717) is 39.6 Å². The normalized spacial score (nSPS) is 16.7. The van der Waals surface area contributed by atoms with Crippen molar-refractivity contribution in [3.63, 3.8) is 0 Å². The molecule has 1 aliphatic rings. The molecule has 1 atom stereocenters. The summed E-state index contributed by atoms with van der Waals surface area (Å²) >= 11 is 7.22. The van der Waals surface area contributed by atoms with Gasteiger partial charge in [0.1, 0.15) is 11.5 Å². The van der Waals surface area contributed by atoms with Crippen molar-refractivity contribution in [2.24, 2.45) is 0 Å². The van der Waals surface area contributed by atoms with E-state index in [-0.39, 0.29) is 16.5 Å². The van der Waals surface area contributed by atoms with Gasteiger partial charge in [0, 0.05) is 10.6 Å². The number of amides is 1. The zero-order valence-electron chi connectivity index (χ0n) is 20.3. The highest BCUT2D eigenvalue weighted by Crippen LogP contribution is 2.44. The summed E-state index contributed by atoms with van der Waals surface area (Å²) in [6.07, 6.45) is 0. The largest absolute Gasteiger partial charge is 0.507 e. The van der Waals surface area contributed by atoms with E-state index in [4.69, 9.17) is 21.1 Å². The fourth-order valence-corrected chi connectivity index (χ4v) is 5.43. The maximum atomic E-state index is 13.4. The lowest BCUT2D eigenvalue weighted by Gasteiger charge is -2.23. The van der Waals surface area contributed by atoms with Gasteiger partial charge in [-0.1, -0.05) is 35.1 Å². The zero-order valence-corrected chi connectivity index (χ0v) is 21.9. The van der Waals surface area contributed by atoms with Crippen molar-refractivity contribution in [3.8, 4) is 5.75 Å². The first kappa shape index (κ1) is 25.4. The van der Waals surface area contributed by atoms with Gasteiger partial charge in [-0.25, -0.2) is 9.78 Å². The van der Waals surface area contributed by atoms with Crippen LogP contribution in [0.25, 0.3) is 16.0 Å². The van der Waals surface area contributed by atoms with Crippen LogP contribution in [-0.4, -0.2) is 41.5 Å². The number of esters is 1. The minimum atomic E-state index is -0.996. The molecular weight excluding hydrogens is 528 g/mol. The molecule has 10 heteroatoms. The number of carbonyl (C=O) groups excluding carboxylic acids is 3. The number of nitrogens with zero attached hydrogens (tertiary/aromatic N) is 2. The van der Waals surface area contributed by atoms with Gasteiger partial charge in [0.25, 0.3) is 5.78 Å². The Balaban J connectivity index is 1.68. The average Bonchev–Trinajstić information content (AvgIpc) is 3.46. The Kier molecular flexibility index (Phi) is 6.88. The van der Waals surface area contributed by atoms with E-state index in [9.17, 15) is 19.5 Å². The number of thiazole rings is 1. The minimum Gasteiger partial charge on any atom is -0.507 e. The Morgan fingerprint density at radius 3 is 2.39 bits per heavy atom. The van der Waals surface area contributed by atoms with E-state index in [0.717, 1.165) is 4.70 Å². The number of hydrogen-bond donors (Lipinski definition) is 1. The third kappa shape index (κ3) is 4.51. The number of ketones is 1. The maximum absolute atomic E-state index is 13.4. The summed E-state index contributed by atoms with van der Waals surface area (Å²) in [7, 11) is 1.28. The molecule has 1 saturated heterocycles. The summed E-state index contributed by atoms with van der Waals surface area (Å²) in [6.45, 7) is 2.38. The molecule has 0 radical (unpaired) electrons. The Morgan fingerprint density at radius 1 is 1.05 bits per heavy atom. The van der Waals surface area contributed by atoms with Crippen LogP contribution in [0.15, 0.2) is 72.3 Å². The lowest BCUT2D eigenvalue weighted by atomic mass is 9.95. The van der Waals surface area contributed by atoms with Crippen molar-refractivity contribution in [3.05, 3.63) is 94.0 Å². The number of aromatic nitrogens is 1. The van der Waals surface area contributed by atoms with Crippen molar-refractivity contribution in [1.82, 2.24) is 4.98 Å². The number of ether oxygens (including phenoxy) is 2. The lowest BCUT2D eigenvalue weighted by molar-refractivity contribution is -0.132. The molecule has 0 bridgehead atoms. The molecule has 2 heterocycles. The van der Waals surface area contributed by atoms with Gasteiger partial charge >= 0.3 is 11.9 Å². The van der Waals surface area contributed by atoms with Gasteiger partial charge in [-0.3, -0.25) is 14.5 Å². The summed E-state index contributed by atoms with van der Waals surface area (Å²) < 4.78 is 11.1. The Morgan fingerprint density at radius 2 is 1.74 bits per heavy atom. The molecule has 1 amide bonds. The number of methoxy groups -OCH3 is 1. The van der Waals surface area contributed by atoms with Crippen molar-refractivity contribution >= 4 is 61.7 Å². The Labute approximate surface area is 226 Å². The molecule has 0 aliphatic carbocycles. The summed E-state index contributed by atoms with van der Waals surface area (Å²) in [4.78, 5) is 44.7. The molecule has 38 heavy (non-hydrogen) atoms. The number of anilines is 1. The summed E-state index contributed by atoms with van der Waals surface area (Å²) in [5, 5.41) is 12.0. The zero-order chi connectivity index (χ0) is 27.0. The van der Waals surface area contributed by atoms with E-state index in [1.54, 1.807) is 48.5 Å². The van der Waals surface area contributed by atoms with Crippen LogP contribution in [0.2, 0.25) is 5.02 Å². The molecule has 1 aliphatic heterocycles. The molecule has 1 aromatic heterocycles. The van der Waals surface area contributed by atoms with Crippen LogP contribution in [-0.2, 0) is 14.3 Å². The third-order valence-corrected chi connectivity index (χ3v) is 7.34. The average molecular weight is 549 g/mol. The van der Waals surface area contributed by atoms with Crippen LogP contribution < -0.4 is 9.64 Å². The predicted molar refractivity (Wildman–Crippen MR) is 145 cm³/mol. The second kappa shape index (κ2) is 10.3. The van der Waals surface area contributed by atoms with Crippen LogP contribution in [0, 0.1) is 0 Å². The fraction of sp³-hybridized carbons (Fsp3) is 0.143.